The number of rotatable bonds is 3. The maximum Gasteiger partial charge on any atom is 0.227 e. The molecular formula is C13H18BrClN2O2. The number of aryl methyl sites for hydroxylation is 1. The second-order valence-corrected chi connectivity index (χ2v) is 5.27. The van der Waals surface area contributed by atoms with Crippen LogP contribution >= 0.6 is 28.3 Å². The quantitative estimate of drug-likeness (QED) is 0.881. The average Bonchev–Trinajstić information content (AvgIpc) is 2.35. The molecule has 1 aromatic carbocycles. The van der Waals surface area contributed by atoms with E-state index in [1.165, 1.54) is 0 Å². The number of morpholine rings is 1. The number of hydrogen-bond acceptors (Lipinski definition) is 3. The van der Waals surface area contributed by atoms with E-state index in [1.807, 2.05) is 25.1 Å². The van der Waals surface area contributed by atoms with Crippen molar-refractivity contribution in [2.45, 2.75) is 19.4 Å². The highest BCUT2D eigenvalue weighted by molar-refractivity contribution is 9.10. The highest BCUT2D eigenvalue weighted by Crippen LogP contribution is 2.20. The van der Waals surface area contributed by atoms with Gasteiger partial charge >= 0.3 is 0 Å². The third-order valence-corrected chi connectivity index (χ3v) is 3.75. The van der Waals surface area contributed by atoms with Crippen molar-refractivity contribution in [2.75, 3.05) is 25.0 Å². The Balaban J connectivity index is 0.00000180. The van der Waals surface area contributed by atoms with E-state index < -0.39 is 0 Å². The molecule has 0 spiro atoms. The number of hydrogen-bond donors (Lipinski definition) is 2. The summed E-state index contributed by atoms with van der Waals surface area (Å²) in [6, 6.07) is 5.76. The number of benzene rings is 1. The van der Waals surface area contributed by atoms with Crippen LogP contribution in [0.2, 0.25) is 0 Å². The number of ether oxygens (including phenoxy) is 1. The third-order valence-electron chi connectivity index (χ3n) is 2.86. The van der Waals surface area contributed by atoms with E-state index in [-0.39, 0.29) is 24.4 Å². The van der Waals surface area contributed by atoms with Crippen LogP contribution in [0.4, 0.5) is 5.69 Å². The normalized spacial score (nSPS) is 18.5. The van der Waals surface area contributed by atoms with Crippen molar-refractivity contribution >= 4 is 39.9 Å². The number of nitrogens with one attached hydrogen (secondary N) is 2. The molecule has 1 heterocycles. The minimum Gasteiger partial charge on any atom is -0.375 e. The van der Waals surface area contributed by atoms with Gasteiger partial charge in [0.25, 0.3) is 0 Å². The van der Waals surface area contributed by atoms with Crippen molar-refractivity contribution in [3.63, 3.8) is 0 Å². The SMILES string of the molecule is Cc1cc(NC(=O)CC2CNCCO2)ccc1Br.Cl. The fraction of sp³-hybridized carbons (Fsp3) is 0.462. The largest absolute Gasteiger partial charge is 0.375 e. The lowest BCUT2D eigenvalue weighted by Crippen LogP contribution is -2.40. The van der Waals surface area contributed by atoms with Gasteiger partial charge in [-0.1, -0.05) is 15.9 Å². The minimum atomic E-state index is -0.0182. The predicted octanol–water partition coefficient (Wildman–Crippen LogP) is 2.50. The van der Waals surface area contributed by atoms with Gasteiger partial charge in [-0.25, -0.2) is 0 Å². The summed E-state index contributed by atoms with van der Waals surface area (Å²) in [6.07, 6.45) is 0.373. The lowest BCUT2D eigenvalue weighted by Gasteiger charge is -2.23. The fourth-order valence-corrected chi connectivity index (χ4v) is 2.14. The Kier molecular flexibility index (Phi) is 6.79. The molecule has 2 N–H and O–H groups in total. The van der Waals surface area contributed by atoms with E-state index in [9.17, 15) is 4.79 Å². The molecular weight excluding hydrogens is 332 g/mol. The van der Waals surface area contributed by atoms with Gasteiger partial charge in [-0.05, 0) is 30.7 Å². The molecule has 2 rings (SSSR count). The first-order valence-corrected chi connectivity index (χ1v) is 6.83. The third kappa shape index (κ3) is 5.10. The average molecular weight is 350 g/mol. The minimum absolute atomic E-state index is 0. The maximum absolute atomic E-state index is 11.8. The molecule has 0 bridgehead atoms. The first-order chi connectivity index (χ1) is 8.65. The summed E-state index contributed by atoms with van der Waals surface area (Å²) in [5.74, 6) is -0.00887. The Bertz CT molecular complexity index is 437. The molecule has 1 aliphatic heterocycles. The van der Waals surface area contributed by atoms with Gasteiger partial charge in [0.2, 0.25) is 5.91 Å². The summed E-state index contributed by atoms with van der Waals surface area (Å²) in [7, 11) is 0. The zero-order valence-corrected chi connectivity index (χ0v) is 13.1. The van der Waals surface area contributed by atoms with Crippen LogP contribution in [0.3, 0.4) is 0 Å². The number of halogens is 2. The van der Waals surface area contributed by atoms with E-state index in [0.29, 0.717) is 13.0 Å². The molecule has 1 atom stereocenters. The zero-order chi connectivity index (χ0) is 13.0. The van der Waals surface area contributed by atoms with Crippen LogP contribution in [0.5, 0.6) is 0 Å². The Hall–Kier alpha value is -0.620. The molecule has 6 heteroatoms. The Morgan fingerprint density at radius 3 is 3.00 bits per heavy atom. The van der Waals surface area contributed by atoms with Gasteiger partial charge in [-0.3, -0.25) is 4.79 Å². The van der Waals surface area contributed by atoms with Gasteiger partial charge in [0, 0.05) is 23.2 Å². The standard InChI is InChI=1S/C13H17BrN2O2.ClH/c1-9-6-10(2-3-12(9)14)16-13(17)7-11-8-15-4-5-18-11;/h2-3,6,11,15H,4-5,7-8H2,1H3,(H,16,17);1H. The van der Waals surface area contributed by atoms with E-state index in [1.54, 1.807) is 0 Å². The van der Waals surface area contributed by atoms with Gasteiger partial charge in [0.15, 0.2) is 0 Å². The summed E-state index contributed by atoms with van der Waals surface area (Å²) in [4.78, 5) is 11.8. The molecule has 0 saturated carbocycles. The number of carbonyl (C=O) groups is 1. The van der Waals surface area contributed by atoms with Crippen LogP contribution < -0.4 is 10.6 Å². The summed E-state index contributed by atoms with van der Waals surface area (Å²) in [5, 5.41) is 6.10. The molecule has 0 aliphatic carbocycles. The van der Waals surface area contributed by atoms with Gasteiger partial charge in [-0.15, -0.1) is 12.4 Å². The first-order valence-electron chi connectivity index (χ1n) is 6.03. The molecule has 1 fully saturated rings. The van der Waals surface area contributed by atoms with Gasteiger partial charge < -0.3 is 15.4 Å². The van der Waals surface area contributed by atoms with Crippen molar-refractivity contribution < 1.29 is 9.53 Å². The Labute approximate surface area is 127 Å². The van der Waals surface area contributed by atoms with Crippen LogP contribution in [0.15, 0.2) is 22.7 Å². The lowest BCUT2D eigenvalue weighted by atomic mass is 10.2. The van der Waals surface area contributed by atoms with Crippen molar-refractivity contribution in [1.82, 2.24) is 5.32 Å². The molecule has 0 aromatic heterocycles. The van der Waals surface area contributed by atoms with E-state index in [0.717, 1.165) is 28.8 Å². The lowest BCUT2D eigenvalue weighted by molar-refractivity contribution is -0.119. The summed E-state index contributed by atoms with van der Waals surface area (Å²) in [6.45, 7) is 4.28. The second-order valence-electron chi connectivity index (χ2n) is 4.41. The first kappa shape index (κ1) is 16.4. The maximum atomic E-state index is 11.8. The van der Waals surface area contributed by atoms with Crippen LogP contribution in [0, 0.1) is 6.92 Å². The van der Waals surface area contributed by atoms with E-state index in [2.05, 4.69) is 26.6 Å². The van der Waals surface area contributed by atoms with Crippen LogP contribution in [-0.2, 0) is 9.53 Å². The molecule has 1 unspecified atom stereocenters. The number of carbonyl (C=O) groups excluding carboxylic acids is 1. The Morgan fingerprint density at radius 1 is 1.58 bits per heavy atom. The van der Waals surface area contributed by atoms with Gasteiger partial charge in [0.1, 0.15) is 0 Å². The second kappa shape index (κ2) is 7.85. The molecule has 1 amide bonds. The molecule has 1 aromatic rings. The monoisotopic (exact) mass is 348 g/mol. The van der Waals surface area contributed by atoms with Crippen molar-refractivity contribution in [3.05, 3.63) is 28.2 Å². The molecule has 0 radical (unpaired) electrons. The smallest absolute Gasteiger partial charge is 0.227 e. The molecule has 19 heavy (non-hydrogen) atoms. The van der Waals surface area contributed by atoms with Crippen molar-refractivity contribution in [3.8, 4) is 0 Å². The highest BCUT2D eigenvalue weighted by atomic mass is 79.9. The fourth-order valence-electron chi connectivity index (χ4n) is 1.89. The van der Waals surface area contributed by atoms with E-state index in [4.69, 9.17) is 4.74 Å². The summed E-state index contributed by atoms with van der Waals surface area (Å²) >= 11 is 3.43. The summed E-state index contributed by atoms with van der Waals surface area (Å²) in [5.41, 5.74) is 1.92. The van der Waals surface area contributed by atoms with E-state index >= 15 is 0 Å². The molecule has 4 nitrogen and oxygen atoms in total. The molecule has 1 aliphatic rings. The number of anilines is 1. The Morgan fingerprint density at radius 2 is 2.37 bits per heavy atom. The molecule has 1 saturated heterocycles. The van der Waals surface area contributed by atoms with Crippen molar-refractivity contribution in [1.29, 1.82) is 0 Å². The topological polar surface area (TPSA) is 50.4 Å². The van der Waals surface area contributed by atoms with Gasteiger partial charge in [-0.2, -0.15) is 0 Å². The molecule has 106 valence electrons. The van der Waals surface area contributed by atoms with Gasteiger partial charge in [0.05, 0.1) is 19.1 Å². The zero-order valence-electron chi connectivity index (χ0n) is 10.7. The van der Waals surface area contributed by atoms with Crippen LogP contribution in [0.25, 0.3) is 0 Å². The van der Waals surface area contributed by atoms with Crippen molar-refractivity contribution in [2.24, 2.45) is 0 Å². The van der Waals surface area contributed by atoms with Crippen LogP contribution in [-0.4, -0.2) is 31.7 Å². The summed E-state index contributed by atoms with van der Waals surface area (Å²) < 4.78 is 6.54. The van der Waals surface area contributed by atoms with Crippen LogP contribution in [0.1, 0.15) is 12.0 Å². The number of amides is 1. The highest BCUT2D eigenvalue weighted by Gasteiger charge is 2.17. The predicted molar refractivity (Wildman–Crippen MR) is 82.0 cm³/mol.